The Hall–Kier alpha value is -2.69. The lowest BCUT2D eigenvalue weighted by Crippen LogP contribution is -1.88. The number of imidazole rings is 1. The SMILES string of the molecule is Cc1nc2cccc(C)n2c1N=Nc1ccc(O)cc1. The van der Waals surface area contributed by atoms with Gasteiger partial charge in [0.2, 0.25) is 0 Å². The molecule has 100 valence electrons. The van der Waals surface area contributed by atoms with E-state index in [1.165, 1.54) is 0 Å². The molecule has 2 aromatic heterocycles. The Morgan fingerprint density at radius 1 is 1.00 bits per heavy atom. The van der Waals surface area contributed by atoms with Crippen molar-refractivity contribution >= 4 is 17.2 Å². The Bertz CT molecular complexity index is 787. The molecule has 3 aromatic rings. The van der Waals surface area contributed by atoms with Crippen LogP contribution in [0.25, 0.3) is 5.65 Å². The molecule has 1 aromatic carbocycles. The van der Waals surface area contributed by atoms with Crippen LogP contribution in [0.2, 0.25) is 0 Å². The predicted octanol–water partition coefficient (Wildman–Crippen LogP) is 4.07. The molecule has 0 aliphatic rings. The number of phenolic OH excluding ortho intramolecular Hbond substituents is 1. The zero-order chi connectivity index (χ0) is 14.1. The molecular formula is C15H14N4O. The molecule has 0 amide bonds. The number of benzene rings is 1. The fourth-order valence-corrected chi connectivity index (χ4v) is 2.09. The summed E-state index contributed by atoms with van der Waals surface area (Å²) in [5.41, 5.74) is 3.44. The number of hydrogen-bond donors (Lipinski definition) is 1. The van der Waals surface area contributed by atoms with Crippen LogP contribution in [-0.2, 0) is 0 Å². The monoisotopic (exact) mass is 266 g/mol. The van der Waals surface area contributed by atoms with Crippen LogP contribution in [-0.4, -0.2) is 14.5 Å². The topological polar surface area (TPSA) is 62.2 Å². The number of aromatic nitrogens is 2. The summed E-state index contributed by atoms with van der Waals surface area (Å²) in [7, 11) is 0. The van der Waals surface area contributed by atoms with Gasteiger partial charge in [0.15, 0.2) is 5.82 Å². The summed E-state index contributed by atoms with van der Waals surface area (Å²) in [6, 6.07) is 12.5. The van der Waals surface area contributed by atoms with Crippen molar-refractivity contribution < 1.29 is 5.11 Å². The van der Waals surface area contributed by atoms with Crippen molar-refractivity contribution in [2.75, 3.05) is 0 Å². The van der Waals surface area contributed by atoms with Crippen molar-refractivity contribution in [1.29, 1.82) is 0 Å². The minimum absolute atomic E-state index is 0.214. The standard InChI is InChI=1S/C15H14N4O/c1-10-4-3-5-14-16-11(2)15(19(10)14)18-17-12-6-8-13(20)9-7-12/h3-9,20H,1-2H3. The average Bonchev–Trinajstić information content (AvgIpc) is 2.75. The molecule has 20 heavy (non-hydrogen) atoms. The van der Waals surface area contributed by atoms with E-state index < -0.39 is 0 Å². The van der Waals surface area contributed by atoms with Gasteiger partial charge in [-0.05, 0) is 50.2 Å². The fraction of sp³-hybridized carbons (Fsp3) is 0.133. The summed E-state index contributed by atoms with van der Waals surface area (Å²) in [6.07, 6.45) is 0. The van der Waals surface area contributed by atoms with Gasteiger partial charge in [-0.1, -0.05) is 6.07 Å². The number of azo groups is 1. The third-order valence-corrected chi connectivity index (χ3v) is 3.09. The van der Waals surface area contributed by atoms with Crippen molar-refractivity contribution in [2.24, 2.45) is 10.2 Å². The summed E-state index contributed by atoms with van der Waals surface area (Å²) in [4.78, 5) is 4.47. The Morgan fingerprint density at radius 2 is 1.75 bits per heavy atom. The van der Waals surface area contributed by atoms with Crippen LogP contribution in [0, 0.1) is 13.8 Å². The minimum Gasteiger partial charge on any atom is -0.508 e. The van der Waals surface area contributed by atoms with E-state index >= 15 is 0 Å². The highest BCUT2D eigenvalue weighted by molar-refractivity contribution is 5.53. The van der Waals surface area contributed by atoms with Crippen LogP contribution in [0.3, 0.4) is 0 Å². The number of pyridine rings is 1. The molecule has 0 spiro atoms. The summed E-state index contributed by atoms with van der Waals surface area (Å²) >= 11 is 0. The first kappa shape index (κ1) is 12.3. The normalized spacial score (nSPS) is 11.5. The van der Waals surface area contributed by atoms with Crippen LogP contribution in [0.1, 0.15) is 11.4 Å². The Morgan fingerprint density at radius 3 is 2.50 bits per heavy atom. The van der Waals surface area contributed by atoms with Gasteiger partial charge in [0, 0.05) is 5.69 Å². The van der Waals surface area contributed by atoms with Crippen LogP contribution >= 0.6 is 0 Å². The van der Waals surface area contributed by atoms with Crippen molar-refractivity contribution in [2.45, 2.75) is 13.8 Å². The maximum Gasteiger partial charge on any atom is 0.182 e. The number of nitrogens with zero attached hydrogens (tertiary/aromatic N) is 4. The number of phenols is 1. The number of aromatic hydroxyl groups is 1. The summed E-state index contributed by atoms with van der Waals surface area (Å²) in [5.74, 6) is 0.942. The third-order valence-electron chi connectivity index (χ3n) is 3.09. The molecule has 0 saturated carbocycles. The van der Waals surface area contributed by atoms with Gasteiger partial charge in [-0.15, -0.1) is 10.2 Å². The molecule has 1 N–H and O–H groups in total. The summed E-state index contributed by atoms with van der Waals surface area (Å²) < 4.78 is 1.97. The fourth-order valence-electron chi connectivity index (χ4n) is 2.09. The lowest BCUT2D eigenvalue weighted by Gasteiger charge is -2.00. The Balaban J connectivity index is 2.06. The highest BCUT2D eigenvalue weighted by atomic mass is 16.3. The van der Waals surface area contributed by atoms with Gasteiger partial charge in [-0.25, -0.2) is 4.98 Å². The molecule has 5 heteroatoms. The second kappa shape index (κ2) is 4.77. The second-order valence-electron chi connectivity index (χ2n) is 4.60. The van der Waals surface area contributed by atoms with Gasteiger partial charge in [0.25, 0.3) is 0 Å². The van der Waals surface area contributed by atoms with E-state index in [1.807, 2.05) is 36.4 Å². The van der Waals surface area contributed by atoms with Gasteiger partial charge < -0.3 is 5.11 Å². The highest BCUT2D eigenvalue weighted by Crippen LogP contribution is 2.25. The molecular weight excluding hydrogens is 252 g/mol. The number of aryl methyl sites for hydroxylation is 2. The van der Waals surface area contributed by atoms with E-state index in [4.69, 9.17) is 0 Å². The van der Waals surface area contributed by atoms with Gasteiger partial charge in [-0.2, -0.15) is 0 Å². The Labute approximate surface area is 116 Å². The van der Waals surface area contributed by atoms with E-state index in [0.717, 1.165) is 22.9 Å². The largest absolute Gasteiger partial charge is 0.508 e. The van der Waals surface area contributed by atoms with Crippen LogP contribution in [0.15, 0.2) is 52.7 Å². The van der Waals surface area contributed by atoms with Crippen LogP contribution < -0.4 is 0 Å². The molecule has 0 atom stereocenters. The molecule has 0 fully saturated rings. The predicted molar refractivity (Wildman–Crippen MR) is 76.9 cm³/mol. The molecule has 0 bridgehead atoms. The quantitative estimate of drug-likeness (QED) is 0.710. The van der Waals surface area contributed by atoms with E-state index in [1.54, 1.807) is 24.3 Å². The van der Waals surface area contributed by atoms with Gasteiger partial charge in [0.05, 0.1) is 11.4 Å². The number of rotatable bonds is 2. The smallest absolute Gasteiger partial charge is 0.182 e. The first-order valence-electron chi connectivity index (χ1n) is 6.30. The number of hydrogen-bond acceptors (Lipinski definition) is 4. The Kier molecular flexibility index (Phi) is 2.95. The van der Waals surface area contributed by atoms with E-state index in [2.05, 4.69) is 15.2 Å². The molecule has 5 nitrogen and oxygen atoms in total. The summed E-state index contributed by atoms with van der Waals surface area (Å²) in [6.45, 7) is 3.92. The zero-order valence-corrected chi connectivity index (χ0v) is 11.3. The molecule has 0 aliphatic carbocycles. The van der Waals surface area contributed by atoms with E-state index in [0.29, 0.717) is 5.69 Å². The molecule has 0 saturated heterocycles. The molecule has 3 rings (SSSR count). The van der Waals surface area contributed by atoms with Crippen molar-refractivity contribution in [3.8, 4) is 5.75 Å². The second-order valence-corrected chi connectivity index (χ2v) is 4.60. The maximum absolute atomic E-state index is 9.24. The minimum atomic E-state index is 0.214. The highest BCUT2D eigenvalue weighted by Gasteiger charge is 2.09. The number of fused-ring (bicyclic) bond motifs is 1. The van der Waals surface area contributed by atoms with E-state index in [9.17, 15) is 5.11 Å². The molecule has 0 radical (unpaired) electrons. The summed E-state index contributed by atoms with van der Waals surface area (Å²) in [5, 5.41) is 17.7. The molecule has 2 heterocycles. The first-order valence-corrected chi connectivity index (χ1v) is 6.30. The van der Waals surface area contributed by atoms with Crippen molar-refractivity contribution in [3.05, 3.63) is 53.9 Å². The molecule has 0 unspecified atom stereocenters. The van der Waals surface area contributed by atoms with Crippen LogP contribution in [0.5, 0.6) is 5.75 Å². The van der Waals surface area contributed by atoms with Crippen LogP contribution in [0.4, 0.5) is 11.5 Å². The van der Waals surface area contributed by atoms with Gasteiger partial charge in [-0.3, -0.25) is 4.40 Å². The third kappa shape index (κ3) is 2.14. The van der Waals surface area contributed by atoms with Crippen molar-refractivity contribution in [3.63, 3.8) is 0 Å². The van der Waals surface area contributed by atoms with Gasteiger partial charge >= 0.3 is 0 Å². The zero-order valence-electron chi connectivity index (χ0n) is 11.3. The lowest BCUT2D eigenvalue weighted by atomic mass is 10.3. The van der Waals surface area contributed by atoms with Crippen molar-refractivity contribution in [1.82, 2.24) is 9.38 Å². The maximum atomic E-state index is 9.24. The molecule has 0 aliphatic heterocycles. The average molecular weight is 266 g/mol. The van der Waals surface area contributed by atoms with Gasteiger partial charge in [0.1, 0.15) is 11.4 Å². The van der Waals surface area contributed by atoms with E-state index in [-0.39, 0.29) is 5.75 Å². The lowest BCUT2D eigenvalue weighted by molar-refractivity contribution is 0.475. The first-order chi connectivity index (χ1) is 9.65.